The number of pyridine rings is 1. The van der Waals surface area contributed by atoms with Crippen molar-refractivity contribution >= 4 is 28.4 Å². The van der Waals surface area contributed by atoms with E-state index in [9.17, 15) is 10.1 Å². The molecule has 36 heavy (non-hydrogen) atoms. The van der Waals surface area contributed by atoms with E-state index in [0.717, 1.165) is 40.8 Å². The van der Waals surface area contributed by atoms with Gasteiger partial charge in [-0.15, -0.1) is 0 Å². The third kappa shape index (κ3) is 4.74. The van der Waals surface area contributed by atoms with Crippen molar-refractivity contribution in [1.82, 2.24) is 24.8 Å². The van der Waals surface area contributed by atoms with E-state index in [1.165, 1.54) is 12.4 Å². The van der Waals surface area contributed by atoms with Crippen LogP contribution in [0.3, 0.4) is 0 Å². The fourth-order valence-corrected chi connectivity index (χ4v) is 4.54. The van der Waals surface area contributed by atoms with Crippen LogP contribution < -0.4 is 10.1 Å². The summed E-state index contributed by atoms with van der Waals surface area (Å²) in [5.74, 6) is 1.40. The minimum Gasteiger partial charge on any atom is -0.486 e. The van der Waals surface area contributed by atoms with E-state index in [0.29, 0.717) is 30.2 Å². The maximum absolute atomic E-state index is 12.0. The predicted octanol–water partition coefficient (Wildman–Crippen LogP) is 4.44. The molecule has 1 fully saturated rings. The van der Waals surface area contributed by atoms with E-state index in [4.69, 9.17) is 4.74 Å². The van der Waals surface area contributed by atoms with Gasteiger partial charge in [0.2, 0.25) is 5.91 Å². The molecule has 0 spiro atoms. The van der Waals surface area contributed by atoms with Gasteiger partial charge in [-0.1, -0.05) is 12.6 Å². The number of carbonyl (C=O) groups excluding carboxylic acids is 1. The third-order valence-electron chi connectivity index (χ3n) is 6.39. The normalized spacial score (nSPS) is 13.8. The van der Waals surface area contributed by atoms with Crippen molar-refractivity contribution in [3.05, 3.63) is 84.6 Å². The Bertz CT molecular complexity index is 1430. The summed E-state index contributed by atoms with van der Waals surface area (Å²) in [6, 6.07) is 13.2. The fraction of sp³-hybridized carbons (Fsp3) is 0.222. The largest absolute Gasteiger partial charge is 0.486 e. The summed E-state index contributed by atoms with van der Waals surface area (Å²) in [5, 5.41) is 14.0. The number of hydrogen-bond acceptors (Lipinski definition) is 7. The topological polar surface area (TPSA) is 120 Å². The Labute approximate surface area is 208 Å². The number of aromatic amines is 1. The van der Waals surface area contributed by atoms with E-state index in [1.54, 1.807) is 18.3 Å². The van der Waals surface area contributed by atoms with E-state index in [1.807, 2.05) is 35.4 Å². The van der Waals surface area contributed by atoms with Crippen LogP contribution in [0.4, 0.5) is 11.5 Å². The maximum atomic E-state index is 12.0. The zero-order valence-electron chi connectivity index (χ0n) is 19.6. The molecule has 1 aromatic carbocycles. The lowest BCUT2D eigenvalue weighted by Gasteiger charge is -2.31. The number of nitriles is 1. The monoisotopic (exact) mass is 479 g/mol. The van der Waals surface area contributed by atoms with Gasteiger partial charge in [0, 0.05) is 31.2 Å². The Kier molecular flexibility index (Phi) is 6.58. The van der Waals surface area contributed by atoms with Gasteiger partial charge in [0.05, 0.1) is 16.6 Å². The van der Waals surface area contributed by atoms with Crippen LogP contribution in [0.5, 0.6) is 5.75 Å². The molecule has 1 aliphatic rings. The second-order valence-electron chi connectivity index (χ2n) is 8.55. The molecule has 4 heterocycles. The van der Waals surface area contributed by atoms with Crippen molar-refractivity contribution in [3.63, 3.8) is 0 Å². The smallest absolute Gasteiger partial charge is 0.245 e. The predicted molar refractivity (Wildman–Crippen MR) is 136 cm³/mol. The van der Waals surface area contributed by atoms with Gasteiger partial charge in [0.15, 0.2) is 0 Å². The first-order chi connectivity index (χ1) is 17.7. The number of aromatic nitrogens is 4. The average Bonchev–Trinajstić information content (AvgIpc) is 3.38. The number of piperidine rings is 1. The SMILES string of the molecule is C=CC(=O)N1CCC(c2c[nH]c3ncnc(Nc4ccc(OCc5ccccn5)c(C#N)c4)c23)CC1. The zero-order chi connectivity index (χ0) is 24.9. The molecule has 180 valence electrons. The number of anilines is 2. The van der Waals surface area contributed by atoms with Gasteiger partial charge in [-0.2, -0.15) is 5.26 Å². The number of rotatable bonds is 7. The summed E-state index contributed by atoms with van der Waals surface area (Å²) >= 11 is 0. The van der Waals surface area contributed by atoms with E-state index >= 15 is 0 Å². The molecule has 3 aromatic heterocycles. The lowest BCUT2D eigenvalue weighted by Crippen LogP contribution is -2.36. The molecule has 0 aliphatic carbocycles. The highest BCUT2D eigenvalue weighted by molar-refractivity contribution is 5.92. The average molecular weight is 480 g/mol. The summed E-state index contributed by atoms with van der Waals surface area (Å²) in [5.41, 5.74) is 3.77. The van der Waals surface area contributed by atoms with Gasteiger partial charge in [-0.05, 0) is 60.7 Å². The number of nitrogens with zero attached hydrogens (tertiary/aromatic N) is 5. The van der Waals surface area contributed by atoms with E-state index < -0.39 is 0 Å². The van der Waals surface area contributed by atoms with Gasteiger partial charge in [-0.3, -0.25) is 9.78 Å². The number of hydrogen-bond donors (Lipinski definition) is 2. The highest BCUT2D eigenvalue weighted by atomic mass is 16.5. The first kappa shape index (κ1) is 23.1. The Hall–Kier alpha value is -4.71. The van der Waals surface area contributed by atoms with Gasteiger partial charge < -0.3 is 19.9 Å². The summed E-state index contributed by atoms with van der Waals surface area (Å²) < 4.78 is 5.83. The summed E-state index contributed by atoms with van der Waals surface area (Å²) in [6.45, 7) is 5.23. The standard InChI is InChI=1S/C27H25N7O2/c1-2-24(35)34-11-8-18(9-12-34)22-15-30-26-25(22)27(32-17-31-26)33-20-6-7-23(19(13-20)14-28)36-16-21-5-3-4-10-29-21/h2-7,10,13,15,17-18H,1,8-9,11-12,16H2,(H2,30,31,32,33). The quantitative estimate of drug-likeness (QED) is 0.376. The summed E-state index contributed by atoms with van der Waals surface area (Å²) in [6.07, 6.45) is 8.26. The van der Waals surface area contributed by atoms with Crippen LogP contribution in [0, 0.1) is 11.3 Å². The number of carbonyl (C=O) groups is 1. The van der Waals surface area contributed by atoms with Gasteiger partial charge >= 0.3 is 0 Å². The lowest BCUT2D eigenvalue weighted by molar-refractivity contribution is -0.127. The molecule has 9 nitrogen and oxygen atoms in total. The van der Waals surface area contributed by atoms with Crippen molar-refractivity contribution in [1.29, 1.82) is 5.26 Å². The van der Waals surface area contributed by atoms with E-state index in [-0.39, 0.29) is 18.4 Å². The van der Waals surface area contributed by atoms with Crippen molar-refractivity contribution in [3.8, 4) is 11.8 Å². The lowest BCUT2D eigenvalue weighted by atomic mass is 9.89. The van der Waals surface area contributed by atoms with Crippen LogP contribution in [0.25, 0.3) is 11.0 Å². The number of H-pyrrole nitrogens is 1. The molecule has 1 saturated heterocycles. The third-order valence-corrected chi connectivity index (χ3v) is 6.39. The van der Waals surface area contributed by atoms with Gasteiger partial charge in [0.25, 0.3) is 0 Å². The zero-order valence-corrected chi connectivity index (χ0v) is 19.6. The van der Waals surface area contributed by atoms with Crippen molar-refractivity contribution < 1.29 is 9.53 Å². The molecule has 4 aromatic rings. The second-order valence-corrected chi connectivity index (χ2v) is 8.55. The van der Waals surface area contributed by atoms with Gasteiger partial charge in [-0.25, -0.2) is 9.97 Å². The molecule has 0 radical (unpaired) electrons. The Morgan fingerprint density at radius 2 is 2.11 bits per heavy atom. The van der Waals surface area contributed by atoms with Crippen LogP contribution in [-0.2, 0) is 11.4 Å². The van der Waals surface area contributed by atoms with Crippen molar-refractivity contribution in [2.75, 3.05) is 18.4 Å². The molecule has 1 aliphatic heterocycles. The molecular weight excluding hydrogens is 454 g/mol. The molecule has 1 amide bonds. The first-order valence-corrected chi connectivity index (χ1v) is 11.7. The number of fused-ring (bicyclic) bond motifs is 1. The molecule has 2 N–H and O–H groups in total. The molecule has 0 atom stereocenters. The Morgan fingerprint density at radius 3 is 2.86 bits per heavy atom. The fourth-order valence-electron chi connectivity index (χ4n) is 4.54. The van der Waals surface area contributed by atoms with Crippen LogP contribution in [0.2, 0.25) is 0 Å². The highest BCUT2D eigenvalue weighted by Gasteiger charge is 2.26. The maximum Gasteiger partial charge on any atom is 0.245 e. The van der Waals surface area contributed by atoms with Crippen LogP contribution >= 0.6 is 0 Å². The summed E-state index contributed by atoms with van der Waals surface area (Å²) in [7, 11) is 0. The van der Waals surface area contributed by atoms with Crippen molar-refractivity contribution in [2.24, 2.45) is 0 Å². The van der Waals surface area contributed by atoms with Crippen LogP contribution in [0.15, 0.2) is 67.8 Å². The molecule has 0 saturated carbocycles. The molecule has 0 bridgehead atoms. The number of amides is 1. The highest BCUT2D eigenvalue weighted by Crippen LogP contribution is 2.36. The van der Waals surface area contributed by atoms with E-state index in [2.05, 4.69) is 37.9 Å². The molecular formula is C27H25N7O2. The molecule has 9 heteroatoms. The molecule has 0 unspecified atom stereocenters. The van der Waals surface area contributed by atoms with Gasteiger partial charge in [0.1, 0.15) is 36.2 Å². The molecule has 5 rings (SSSR count). The minimum atomic E-state index is -0.0289. The number of likely N-dealkylation sites (tertiary alicyclic amines) is 1. The second kappa shape index (κ2) is 10.3. The minimum absolute atomic E-state index is 0.0289. The number of ether oxygens (including phenoxy) is 1. The van der Waals surface area contributed by atoms with Crippen LogP contribution in [-0.4, -0.2) is 43.8 Å². The van der Waals surface area contributed by atoms with Crippen molar-refractivity contribution in [2.45, 2.75) is 25.4 Å². The first-order valence-electron chi connectivity index (χ1n) is 11.7. The Morgan fingerprint density at radius 1 is 1.25 bits per heavy atom. The number of benzene rings is 1. The summed E-state index contributed by atoms with van der Waals surface area (Å²) in [4.78, 5) is 30.2. The Balaban J connectivity index is 1.36. The number of nitrogens with one attached hydrogen (secondary N) is 2. The van der Waals surface area contributed by atoms with Crippen LogP contribution in [0.1, 0.15) is 35.6 Å².